The standard InChI is InChI=1S/C12H8O5S4/c1-15-9(13)7-8(10(14)16-2)21-12(20-7)11-18-5-3-17-4-6(5)19-11/h3-4H,1-2H3. The van der Waals surface area contributed by atoms with E-state index < -0.39 is 11.9 Å². The van der Waals surface area contributed by atoms with E-state index in [4.69, 9.17) is 13.9 Å². The second-order valence-electron chi connectivity index (χ2n) is 3.72. The largest absolute Gasteiger partial charge is 0.470 e. The summed E-state index contributed by atoms with van der Waals surface area (Å²) in [6.07, 6.45) is 3.36. The highest BCUT2D eigenvalue weighted by Crippen LogP contribution is 2.61. The molecule has 0 saturated carbocycles. The summed E-state index contributed by atoms with van der Waals surface area (Å²) in [6, 6.07) is 0. The Kier molecular flexibility index (Phi) is 4.34. The first-order chi connectivity index (χ1) is 10.1. The lowest BCUT2D eigenvalue weighted by Crippen LogP contribution is -2.08. The fourth-order valence-electron chi connectivity index (χ4n) is 1.56. The number of fused-ring (bicyclic) bond motifs is 1. The first-order valence-electron chi connectivity index (χ1n) is 5.56. The first kappa shape index (κ1) is 15.0. The van der Waals surface area contributed by atoms with Gasteiger partial charge in [0, 0.05) is 0 Å². The highest BCUT2D eigenvalue weighted by Gasteiger charge is 2.35. The third kappa shape index (κ3) is 2.75. The molecular weight excluding hydrogens is 352 g/mol. The predicted molar refractivity (Wildman–Crippen MR) is 83.7 cm³/mol. The molecule has 110 valence electrons. The van der Waals surface area contributed by atoms with Crippen LogP contribution in [0.15, 0.2) is 45.0 Å². The van der Waals surface area contributed by atoms with Gasteiger partial charge in [-0.3, -0.25) is 0 Å². The molecule has 0 unspecified atom stereocenters. The molecule has 0 spiro atoms. The molecule has 0 aromatic carbocycles. The topological polar surface area (TPSA) is 65.7 Å². The van der Waals surface area contributed by atoms with E-state index >= 15 is 0 Å². The number of thioether (sulfide) groups is 4. The lowest BCUT2D eigenvalue weighted by atomic mass is 10.5. The van der Waals surface area contributed by atoms with Crippen LogP contribution in [0.4, 0.5) is 0 Å². The molecule has 21 heavy (non-hydrogen) atoms. The molecular formula is C12H8O5S4. The molecule has 1 aromatic heterocycles. The Labute approximate surface area is 137 Å². The summed E-state index contributed by atoms with van der Waals surface area (Å²) in [6.45, 7) is 0. The number of hydrogen-bond donors (Lipinski definition) is 0. The molecule has 0 saturated heterocycles. The van der Waals surface area contributed by atoms with Gasteiger partial charge < -0.3 is 13.9 Å². The molecule has 3 rings (SSSR count). The summed E-state index contributed by atoms with van der Waals surface area (Å²) >= 11 is 5.60. The van der Waals surface area contributed by atoms with Gasteiger partial charge in [-0.05, 0) is 0 Å². The van der Waals surface area contributed by atoms with Crippen LogP contribution in [0.5, 0.6) is 0 Å². The zero-order chi connectivity index (χ0) is 15.0. The van der Waals surface area contributed by atoms with Crippen molar-refractivity contribution in [3.05, 3.63) is 30.8 Å². The van der Waals surface area contributed by atoms with Crippen LogP contribution in [0, 0.1) is 0 Å². The zero-order valence-corrected chi connectivity index (χ0v) is 14.1. The second kappa shape index (κ2) is 6.07. The van der Waals surface area contributed by atoms with Crippen molar-refractivity contribution in [1.29, 1.82) is 0 Å². The lowest BCUT2D eigenvalue weighted by molar-refractivity contribution is -0.138. The van der Waals surface area contributed by atoms with E-state index in [1.165, 1.54) is 37.7 Å². The summed E-state index contributed by atoms with van der Waals surface area (Å²) in [5.41, 5.74) is 0. The Morgan fingerprint density at radius 3 is 1.71 bits per heavy atom. The van der Waals surface area contributed by atoms with Gasteiger partial charge in [-0.2, -0.15) is 0 Å². The molecule has 2 aliphatic rings. The second-order valence-corrected chi connectivity index (χ2v) is 8.39. The quantitative estimate of drug-likeness (QED) is 0.735. The monoisotopic (exact) mass is 360 g/mol. The van der Waals surface area contributed by atoms with Crippen LogP contribution >= 0.6 is 47.0 Å². The van der Waals surface area contributed by atoms with Crippen LogP contribution in [-0.4, -0.2) is 26.2 Å². The highest BCUT2D eigenvalue weighted by atomic mass is 32.2. The van der Waals surface area contributed by atoms with Crippen molar-refractivity contribution in [2.75, 3.05) is 14.2 Å². The minimum atomic E-state index is -0.529. The Morgan fingerprint density at radius 1 is 0.857 bits per heavy atom. The van der Waals surface area contributed by atoms with Gasteiger partial charge in [0.25, 0.3) is 0 Å². The number of carbonyl (C=O) groups is 2. The molecule has 5 nitrogen and oxygen atoms in total. The molecule has 1 aromatic rings. The van der Waals surface area contributed by atoms with E-state index in [1.807, 2.05) is 0 Å². The van der Waals surface area contributed by atoms with Crippen LogP contribution in [0.3, 0.4) is 0 Å². The summed E-state index contributed by atoms with van der Waals surface area (Å²) in [7, 11) is 2.58. The molecule has 0 amide bonds. The number of rotatable bonds is 2. The lowest BCUT2D eigenvalue weighted by Gasteiger charge is -2.00. The number of ether oxygens (including phenoxy) is 2. The first-order valence-corrected chi connectivity index (χ1v) is 8.83. The van der Waals surface area contributed by atoms with Gasteiger partial charge in [-0.15, -0.1) is 0 Å². The Bertz CT molecular complexity index is 635. The van der Waals surface area contributed by atoms with Crippen molar-refractivity contribution in [2.45, 2.75) is 9.79 Å². The van der Waals surface area contributed by atoms with Crippen molar-refractivity contribution in [3.8, 4) is 0 Å². The minimum Gasteiger partial charge on any atom is -0.470 e. The maximum absolute atomic E-state index is 11.8. The molecule has 2 aliphatic heterocycles. The number of hydrogen-bond acceptors (Lipinski definition) is 9. The van der Waals surface area contributed by atoms with Gasteiger partial charge in [0.15, 0.2) is 0 Å². The van der Waals surface area contributed by atoms with E-state index in [0.717, 1.165) is 18.3 Å². The van der Waals surface area contributed by atoms with E-state index in [-0.39, 0.29) is 9.81 Å². The van der Waals surface area contributed by atoms with Crippen molar-refractivity contribution in [1.82, 2.24) is 0 Å². The maximum Gasteiger partial charge on any atom is 0.346 e. The van der Waals surface area contributed by atoms with Crippen LogP contribution < -0.4 is 0 Å². The molecule has 0 N–H and O–H groups in total. The van der Waals surface area contributed by atoms with Crippen LogP contribution in [0.25, 0.3) is 0 Å². The summed E-state index contributed by atoms with van der Waals surface area (Å²) in [4.78, 5) is 26.2. The Morgan fingerprint density at radius 2 is 1.29 bits per heavy atom. The Balaban J connectivity index is 1.89. The number of carbonyl (C=O) groups excluding carboxylic acids is 2. The molecule has 0 atom stereocenters. The summed E-state index contributed by atoms with van der Waals surface area (Å²) < 4.78 is 16.5. The summed E-state index contributed by atoms with van der Waals surface area (Å²) in [5, 5.41) is 0. The van der Waals surface area contributed by atoms with E-state index in [0.29, 0.717) is 0 Å². The highest BCUT2D eigenvalue weighted by molar-refractivity contribution is 8.33. The van der Waals surface area contributed by atoms with Crippen molar-refractivity contribution in [3.63, 3.8) is 0 Å². The van der Waals surface area contributed by atoms with E-state index in [9.17, 15) is 9.59 Å². The SMILES string of the molecule is COC(=O)C1=C(C(=O)OC)SC(=C2Sc3cocc3S2)S1. The smallest absolute Gasteiger partial charge is 0.346 e. The zero-order valence-electron chi connectivity index (χ0n) is 10.8. The van der Waals surface area contributed by atoms with Crippen LogP contribution in [0.2, 0.25) is 0 Å². The van der Waals surface area contributed by atoms with Gasteiger partial charge in [0.1, 0.15) is 22.3 Å². The number of esters is 2. The predicted octanol–water partition coefficient (Wildman–Crippen LogP) is 3.64. The van der Waals surface area contributed by atoms with Crippen molar-refractivity contribution in [2.24, 2.45) is 0 Å². The van der Waals surface area contributed by atoms with Crippen LogP contribution in [0.1, 0.15) is 0 Å². The van der Waals surface area contributed by atoms with E-state index in [2.05, 4.69) is 0 Å². The third-order valence-electron chi connectivity index (χ3n) is 2.50. The Hall–Kier alpha value is -0.900. The number of methoxy groups -OCH3 is 2. The molecule has 0 aliphatic carbocycles. The fraction of sp³-hybridized carbons (Fsp3) is 0.167. The van der Waals surface area contributed by atoms with Crippen molar-refractivity contribution >= 4 is 59.0 Å². The van der Waals surface area contributed by atoms with Gasteiger partial charge in [0.05, 0.1) is 32.5 Å². The normalized spacial score (nSPS) is 17.2. The van der Waals surface area contributed by atoms with Crippen LogP contribution in [-0.2, 0) is 19.1 Å². The average molecular weight is 360 g/mol. The molecule has 0 bridgehead atoms. The molecule has 0 radical (unpaired) electrons. The van der Waals surface area contributed by atoms with Gasteiger partial charge in [-0.1, -0.05) is 47.0 Å². The minimum absolute atomic E-state index is 0.273. The summed E-state index contributed by atoms with van der Waals surface area (Å²) in [5.74, 6) is -1.06. The fourth-order valence-corrected chi connectivity index (χ4v) is 6.73. The molecule has 3 heterocycles. The number of furan rings is 1. The van der Waals surface area contributed by atoms with Crippen molar-refractivity contribution < 1.29 is 23.5 Å². The third-order valence-corrected chi connectivity index (χ3v) is 8.06. The van der Waals surface area contributed by atoms with Gasteiger partial charge in [-0.25, -0.2) is 9.59 Å². The average Bonchev–Trinajstić information content (AvgIpc) is 3.17. The maximum atomic E-state index is 11.8. The van der Waals surface area contributed by atoms with Gasteiger partial charge in [0.2, 0.25) is 0 Å². The van der Waals surface area contributed by atoms with Gasteiger partial charge >= 0.3 is 11.9 Å². The van der Waals surface area contributed by atoms with E-state index in [1.54, 1.807) is 36.1 Å². The molecule has 9 heteroatoms. The molecule has 0 fully saturated rings.